The van der Waals surface area contributed by atoms with E-state index < -0.39 is 34.8 Å². The van der Waals surface area contributed by atoms with Crippen LogP contribution in [0.25, 0.3) is 0 Å². The Morgan fingerprint density at radius 1 is 0.620 bits per heavy atom. The van der Waals surface area contributed by atoms with Gasteiger partial charge < -0.3 is 23.8 Å². The van der Waals surface area contributed by atoms with Gasteiger partial charge in [0.15, 0.2) is 0 Å². The number of methoxy groups -OCH3 is 1. The normalized spacial score (nSPS) is 13.4. The van der Waals surface area contributed by atoms with E-state index in [1.807, 2.05) is 48.5 Å². The van der Waals surface area contributed by atoms with Crippen molar-refractivity contribution in [3.05, 3.63) is 134 Å². The molecule has 2 N–H and O–H groups in total. The molecule has 0 bridgehead atoms. The third-order valence-corrected chi connectivity index (χ3v) is 18.9. The quantitative estimate of drug-likeness (QED) is 0.0951. The first-order chi connectivity index (χ1) is 23.7. The first-order valence-electron chi connectivity index (χ1n) is 17.3. The standard InChI is InChI=1S/C21H28O4Si.C21H28O2Si/c1-21(2,3)26(18-11-7-5-8-12-18,19-13-9-6-10-14-19)25-16-17(22)15-20(23)24-4;1-5-12-18(22)17-23-24(21(2,3)4,19-13-8-6-9-14-19)20-15-10-7-11-16-20/h5-14,17,22H,15-16H2,1-4H3;5-11,13-16,18,22H,1,12,17H2,2-4H3/t17-;18-/m00/s1. The maximum Gasteiger partial charge on any atom is 0.308 e. The third-order valence-electron chi connectivity index (χ3n) is 8.89. The predicted molar refractivity (Wildman–Crippen MR) is 211 cm³/mol. The molecule has 4 rings (SSSR count). The lowest BCUT2D eigenvalue weighted by Gasteiger charge is -2.43. The minimum Gasteiger partial charge on any atom is -0.469 e. The fourth-order valence-electron chi connectivity index (χ4n) is 6.56. The average molecular weight is 713 g/mol. The van der Waals surface area contributed by atoms with Crippen LogP contribution >= 0.6 is 0 Å². The molecule has 0 aliphatic heterocycles. The number of aliphatic hydroxyl groups is 2. The molecule has 0 saturated carbocycles. The molecule has 0 spiro atoms. The van der Waals surface area contributed by atoms with Crippen molar-refractivity contribution in [2.75, 3.05) is 20.3 Å². The van der Waals surface area contributed by atoms with Gasteiger partial charge in [-0.2, -0.15) is 0 Å². The highest BCUT2D eigenvalue weighted by Gasteiger charge is 2.51. The van der Waals surface area contributed by atoms with Gasteiger partial charge in [0.05, 0.1) is 39.0 Å². The van der Waals surface area contributed by atoms with Crippen LogP contribution in [0.5, 0.6) is 0 Å². The fraction of sp³-hybridized carbons (Fsp3) is 0.357. The Morgan fingerprint density at radius 2 is 0.920 bits per heavy atom. The van der Waals surface area contributed by atoms with Crippen molar-refractivity contribution in [2.24, 2.45) is 0 Å². The summed E-state index contributed by atoms with van der Waals surface area (Å²) in [6.45, 7) is 17.3. The summed E-state index contributed by atoms with van der Waals surface area (Å²) < 4.78 is 17.8. The van der Waals surface area contributed by atoms with Gasteiger partial charge in [-0.1, -0.05) is 169 Å². The van der Waals surface area contributed by atoms with Crippen molar-refractivity contribution in [3.63, 3.8) is 0 Å². The van der Waals surface area contributed by atoms with E-state index in [-0.39, 0.29) is 23.1 Å². The van der Waals surface area contributed by atoms with E-state index in [9.17, 15) is 15.0 Å². The SMILES string of the molecule is C=CC[C@H](O)CO[Si](c1ccccc1)(c1ccccc1)C(C)(C)C.COC(=O)C[C@H](O)CO[Si](c1ccccc1)(c1ccccc1)C(C)(C)C. The molecule has 0 saturated heterocycles. The Morgan fingerprint density at radius 3 is 1.18 bits per heavy atom. The number of benzene rings is 4. The molecule has 0 fully saturated rings. The van der Waals surface area contributed by atoms with Gasteiger partial charge in [-0.25, -0.2) is 0 Å². The second-order valence-corrected chi connectivity index (χ2v) is 23.2. The van der Waals surface area contributed by atoms with Crippen LogP contribution in [0.3, 0.4) is 0 Å². The molecule has 0 heterocycles. The van der Waals surface area contributed by atoms with Crippen molar-refractivity contribution < 1.29 is 28.6 Å². The zero-order valence-corrected chi connectivity index (χ0v) is 32.8. The van der Waals surface area contributed by atoms with Gasteiger partial charge >= 0.3 is 5.97 Å². The summed E-state index contributed by atoms with van der Waals surface area (Å²) >= 11 is 0. The zero-order chi connectivity index (χ0) is 36.8. The molecule has 50 heavy (non-hydrogen) atoms. The third kappa shape index (κ3) is 9.99. The minimum atomic E-state index is -2.69. The summed E-state index contributed by atoms with van der Waals surface area (Å²) in [5, 5.41) is 25.0. The summed E-state index contributed by atoms with van der Waals surface area (Å²) in [4.78, 5) is 11.5. The van der Waals surface area contributed by atoms with Crippen LogP contribution in [0.4, 0.5) is 0 Å². The maximum absolute atomic E-state index is 11.5. The van der Waals surface area contributed by atoms with Crippen LogP contribution in [0.1, 0.15) is 54.4 Å². The van der Waals surface area contributed by atoms with E-state index in [2.05, 4.69) is 126 Å². The Hall–Kier alpha value is -3.64. The second-order valence-electron chi connectivity index (χ2n) is 14.6. The van der Waals surface area contributed by atoms with Crippen LogP contribution in [-0.4, -0.2) is 65.3 Å². The van der Waals surface area contributed by atoms with Gasteiger partial charge in [-0.3, -0.25) is 4.79 Å². The molecule has 0 radical (unpaired) electrons. The highest BCUT2D eigenvalue weighted by atomic mass is 28.4. The van der Waals surface area contributed by atoms with Crippen molar-refractivity contribution in [1.82, 2.24) is 0 Å². The topological polar surface area (TPSA) is 85.2 Å². The summed E-state index contributed by atoms with van der Waals surface area (Å²) in [6, 6.07) is 41.4. The molecule has 0 unspecified atom stereocenters. The Kier molecular flexibility index (Phi) is 15.1. The summed E-state index contributed by atoms with van der Waals surface area (Å²) in [5.41, 5.74) is 0. The number of aliphatic hydroxyl groups excluding tert-OH is 2. The lowest BCUT2D eigenvalue weighted by molar-refractivity contribution is -0.143. The minimum absolute atomic E-state index is 0.0659. The van der Waals surface area contributed by atoms with E-state index in [0.717, 1.165) is 10.4 Å². The number of hydrogen-bond donors (Lipinski definition) is 2. The first kappa shape index (κ1) is 40.8. The van der Waals surface area contributed by atoms with Gasteiger partial charge in [0.25, 0.3) is 16.6 Å². The molecule has 0 aromatic heterocycles. The summed E-state index contributed by atoms with van der Waals surface area (Å²) in [5.74, 6) is -0.441. The van der Waals surface area contributed by atoms with Crippen LogP contribution in [0.15, 0.2) is 134 Å². The highest BCUT2D eigenvalue weighted by molar-refractivity contribution is 7.00. The Labute approximate surface area is 302 Å². The predicted octanol–water partition coefficient (Wildman–Crippen LogP) is 5.99. The van der Waals surface area contributed by atoms with E-state index in [1.165, 1.54) is 17.5 Å². The second kappa shape index (κ2) is 18.6. The van der Waals surface area contributed by atoms with Gasteiger partial charge in [0.1, 0.15) is 0 Å². The van der Waals surface area contributed by atoms with E-state index in [0.29, 0.717) is 13.0 Å². The van der Waals surface area contributed by atoms with Crippen molar-refractivity contribution in [3.8, 4) is 0 Å². The van der Waals surface area contributed by atoms with Crippen LogP contribution < -0.4 is 20.7 Å². The Bertz CT molecular complexity index is 1490. The molecule has 4 aromatic carbocycles. The van der Waals surface area contributed by atoms with Crippen LogP contribution in [-0.2, 0) is 18.4 Å². The lowest BCUT2D eigenvalue weighted by atomic mass is 10.2. The Balaban J connectivity index is 0.000000271. The first-order valence-corrected chi connectivity index (χ1v) is 21.1. The molecule has 268 valence electrons. The van der Waals surface area contributed by atoms with E-state index in [4.69, 9.17) is 8.85 Å². The zero-order valence-electron chi connectivity index (χ0n) is 30.8. The number of esters is 1. The largest absolute Gasteiger partial charge is 0.469 e. The van der Waals surface area contributed by atoms with Gasteiger partial charge in [-0.15, -0.1) is 6.58 Å². The molecule has 0 aliphatic carbocycles. The molecule has 6 nitrogen and oxygen atoms in total. The molecular formula is C42H56O6Si2. The van der Waals surface area contributed by atoms with Crippen molar-refractivity contribution >= 4 is 43.4 Å². The number of ether oxygens (including phenoxy) is 1. The number of carbonyl (C=O) groups is 1. The molecular weight excluding hydrogens is 657 g/mol. The molecule has 0 aliphatic rings. The van der Waals surface area contributed by atoms with Crippen LogP contribution in [0, 0.1) is 0 Å². The number of rotatable bonds is 14. The smallest absolute Gasteiger partial charge is 0.308 e. The van der Waals surface area contributed by atoms with E-state index in [1.54, 1.807) is 6.08 Å². The van der Waals surface area contributed by atoms with E-state index >= 15 is 0 Å². The van der Waals surface area contributed by atoms with Gasteiger partial charge in [0.2, 0.25) is 0 Å². The summed E-state index contributed by atoms with van der Waals surface area (Å²) in [7, 11) is -3.90. The maximum atomic E-state index is 11.5. The van der Waals surface area contributed by atoms with Crippen molar-refractivity contribution in [1.29, 1.82) is 0 Å². The number of hydrogen-bond acceptors (Lipinski definition) is 6. The van der Waals surface area contributed by atoms with Gasteiger partial charge in [0, 0.05) is 0 Å². The fourth-order valence-corrected chi connectivity index (χ4v) is 15.8. The lowest BCUT2D eigenvalue weighted by Crippen LogP contribution is -2.67. The van der Waals surface area contributed by atoms with Crippen molar-refractivity contribution in [2.45, 2.75) is 76.7 Å². The van der Waals surface area contributed by atoms with Gasteiger partial charge in [-0.05, 0) is 37.2 Å². The monoisotopic (exact) mass is 712 g/mol. The molecule has 8 heteroatoms. The van der Waals surface area contributed by atoms with Crippen LogP contribution in [0.2, 0.25) is 10.1 Å². The molecule has 0 amide bonds. The average Bonchev–Trinajstić information content (AvgIpc) is 3.10. The summed E-state index contributed by atoms with van der Waals surface area (Å²) in [6.07, 6.45) is 0.778. The number of carbonyl (C=O) groups excluding carboxylic acids is 1. The highest BCUT2D eigenvalue weighted by Crippen LogP contribution is 2.38. The molecule has 2 atom stereocenters. The molecule has 4 aromatic rings.